The Morgan fingerprint density at radius 2 is 1.04 bits per heavy atom. The first-order valence-electron chi connectivity index (χ1n) is 14.9. The average molecular weight is 577 g/mol. The van der Waals surface area contributed by atoms with E-state index in [1.807, 2.05) is 72.9 Å². The molecule has 0 saturated heterocycles. The lowest BCUT2D eigenvalue weighted by Crippen LogP contribution is -2.00. The van der Waals surface area contributed by atoms with Crippen LogP contribution in [0.25, 0.3) is 88.9 Å². The van der Waals surface area contributed by atoms with Crippen LogP contribution in [0.1, 0.15) is 0 Å². The van der Waals surface area contributed by atoms with Crippen LogP contribution in [0.2, 0.25) is 0 Å². The molecule has 0 aliphatic heterocycles. The van der Waals surface area contributed by atoms with Crippen LogP contribution in [-0.2, 0) is 0 Å². The molecular weight excluding hydrogens is 552 g/mol. The number of nitrogens with zero attached hydrogens (tertiary/aromatic N) is 4. The Hall–Kier alpha value is -6.20. The highest BCUT2D eigenvalue weighted by Crippen LogP contribution is 2.38. The zero-order valence-electron chi connectivity index (χ0n) is 24.1. The van der Waals surface area contributed by atoms with Crippen molar-refractivity contribution in [2.24, 2.45) is 0 Å². The molecule has 0 amide bonds. The quantitative estimate of drug-likeness (QED) is 0.209. The number of furan rings is 1. The van der Waals surface area contributed by atoms with E-state index in [-0.39, 0.29) is 0 Å². The van der Waals surface area contributed by atoms with E-state index in [1.54, 1.807) is 0 Å². The number of hydrogen-bond donors (Lipinski definition) is 0. The van der Waals surface area contributed by atoms with Gasteiger partial charge in [0.2, 0.25) is 0 Å². The van der Waals surface area contributed by atoms with Gasteiger partial charge in [0.05, 0.1) is 5.69 Å². The Kier molecular flexibility index (Phi) is 5.74. The van der Waals surface area contributed by atoms with Crippen molar-refractivity contribution < 1.29 is 4.42 Å². The minimum Gasteiger partial charge on any atom is -0.456 e. The lowest BCUT2D eigenvalue weighted by atomic mass is 10.0. The van der Waals surface area contributed by atoms with Crippen molar-refractivity contribution in [3.05, 3.63) is 146 Å². The van der Waals surface area contributed by atoms with Gasteiger partial charge in [0.1, 0.15) is 11.2 Å². The molecule has 6 aromatic carbocycles. The van der Waals surface area contributed by atoms with Crippen LogP contribution in [0.5, 0.6) is 0 Å². The van der Waals surface area contributed by atoms with Crippen molar-refractivity contribution in [1.29, 1.82) is 0 Å². The third-order valence-corrected chi connectivity index (χ3v) is 8.34. The third kappa shape index (κ3) is 4.41. The summed E-state index contributed by atoms with van der Waals surface area (Å²) in [4.78, 5) is 19.9. The summed E-state index contributed by atoms with van der Waals surface area (Å²) in [6, 6.07) is 47.4. The molecule has 0 spiro atoms. The molecule has 0 aliphatic carbocycles. The molecule has 9 rings (SSSR count). The van der Waals surface area contributed by atoms with Crippen LogP contribution in [0.15, 0.2) is 150 Å². The predicted octanol–water partition coefficient (Wildman–Crippen LogP) is 10.1. The van der Waals surface area contributed by atoms with Crippen molar-refractivity contribution in [3.8, 4) is 45.4 Å². The molecule has 0 N–H and O–H groups in total. The lowest BCUT2D eigenvalue weighted by Gasteiger charge is -2.10. The Morgan fingerprint density at radius 3 is 1.80 bits per heavy atom. The van der Waals surface area contributed by atoms with Gasteiger partial charge in [0, 0.05) is 45.3 Å². The zero-order valence-corrected chi connectivity index (χ0v) is 24.1. The fourth-order valence-corrected chi connectivity index (χ4v) is 6.08. The Morgan fingerprint density at radius 1 is 0.422 bits per heavy atom. The van der Waals surface area contributed by atoms with E-state index < -0.39 is 0 Å². The van der Waals surface area contributed by atoms with E-state index in [0.29, 0.717) is 17.5 Å². The fraction of sp³-hybridized carbons (Fsp3) is 0. The van der Waals surface area contributed by atoms with Crippen LogP contribution in [0.3, 0.4) is 0 Å². The first-order valence-corrected chi connectivity index (χ1v) is 14.9. The van der Waals surface area contributed by atoms with Gasteiger partial charge in [0.25, 0.3) is 0 Å². The fourth-order valence-electron chi connectivity index (χ4n) is 6.08. The number of rotatable bonds is 4. The van der Waals surface area contributed by atoms with Gasteiger partial charge in [-0.25, -0.2) is 15.0 Å². The molecule has 3 heterocycles. The van der Waals surface area contributed by atoms with Gasteiger partial charge in [-0.2, -0.15) is 0 Å². The topological polar surface area (TPSA) is 64.7 Å². The smallest absolute Gasteiger partial charge is 0.164 e. The van der Waals surface area contributed by atoms with E-state index in [1.165, 1.54) is 16.2 Å². The second-order valence-corrected chi connectivity index (χ2v) is 11.1. The van der Waals surface area contributed by atoms with E-state index in [9.17, 15) is 0 Å². The van der Waals surface area contributed by atoms with Crippen molar-refractivity contribution >= 4 is 43.5 Å². The molecule has 0 saturated carbocycles. The summed E-state index contributed by atoms with van der Waals surface area (Å²) >= 11 is 0. The molecular formula is C40H24N4O. The van der Waals surface area contributed by atoms with Gasteiger partial charge in [-0.15, -0.1) is 0 Å². The summed E-state index contributed by atoms with van der Waals surface area (Å²) in [5.74, 6) is 1.82. The first-order chi connectivity index (χ1) is 22.3. The molecule has 0 atom stereocenters. The van der Waals surface area contributed by atoms with E-state index in [4.69, 9.17) is 24.4 Å². The first kappa shape index (κ1) is 25.3. The number of hydrogen-bond acceptors (Lipinski definition) is 5. The molecule has 45 heavy (non-hydrogen) atoms. The van der Waals surface area contributed by atoms with Crippen LogP contribution in [0.4, 0.5) is 0 Å². The molecule has 5 nitrogen and oxygen atoms in total. The highest BCUT2D eigenvalue weighted by Gasteiger charge is 2.19. The molecule has 0 unspecified atom stereocenters. The molecule has 0 radical (unpaired) electrons. The molecule has 9 aromatic rings. The van der Waals surface area contributed by atoms with Crippen molar-refractivity contribution in [1.82, 2.24) is 19.9 Å². The maximum Gasteiger partial charge on any atom is 0.164 e. The van der Waals surface area contributed by atoms with Crippen LogP contribution < -0.4 is 0 Å². The average Bonchev–Trinajstić information content (AvgIpc) is 3.49. The number of pyridine rings is 1. The zero-order chi connectivity index (χ0) is 29.7. The Balaban J connectivity index is 1.23. The number of benzene rings is 6. The van der Waals surface area contributed by atoms with Crippen LogP contribution in [-0.4, -0.2) is 19.9 Å². The van der Waals surface area contributed by atoms with Gasteiger partial charge < -0.3 is 4.42 Å². The molecule has 0 aliphatic rings. The number of aromatic nitrogens is 4. The van der Waals surface area contributed by atoms with E-state index >= 15 is 0 Å². The van der Waals surface area contributed by atoms with E-state index in [0.717, 1.165) is 55.3 Å². The Labute approximate surface area is 258 Å². The molecule has 0 fully saturated rings. The third-order valence-electron chi connectivity index (χ3n) is 8.34. The summed E-state index contributed by atoms with van der Waals surface area (Å²) in [5, 5.41) is 6.53. The molecule has 3 aromatic heterocycles. The van der Waals surface area contributed by atoms with Crippen molar-refractivity contribution in [2.45, 2.75) is 0 Å². The summed E-state index contributed by atoms with van der Waals surface area (Å²) in [6.45, 7) is 0. The van der Waals surface area contributed by atoms with Gasteiger partial charge in [-0.1, -0.05) is 115 Å². The molecule has 210 valence electrons. The maximum atomic E-state index is 6.43. The summed E-state index contributed by atoms with van der Waals surface area (Å²) in [5.41, 5.74) is 6.15. The second kappa shape index (κ2) is 10.2. The summed E-state index contributed by atoms with van der Waals surface area (Å²) in [6.07, 6.45) is 1.90. The monoisotopic (exact) mass is 576 g/mol. The molecule has 5 heteroatoms. The highest BCUT2D eigenvalue weighted by atomic mass is 16.3. The van der Waals surface area contributed by atoms with Gasteiger partial charge in [-0.3, -0.25) is 4.98 Å². The Bertz CT molecular complexity index is 2550. The van der Waals surface area contributed by atoms with Crippen molar-refractivity contribution in [3.63, 3.8) is 0 Å². The van der Waals surface area contributed by atoms with Gasteiger partial charge >= 0.3 is 0 Å². The normalized spacial score (nSPS) is 11.6. The van der Waals surface area contributed by atoms with Crippen LogP contribution in [0, 0.1) is 0 Å². The van der Waals surface area contributed by atoms with Gasteiger partial charge in [0.15, 0.2) is 17.5 Å². The minimum atomic E-state index is 0.582. The maximum absolute atomic E-state index is 6.43. The lowest BCUT2D eigenvalue weighted by molar-refractivity contribution is 0.668. The SMILES string of the molecule is c1ccc(-c2nc(-c3ccc4ccccc4c3)nc(-c3cccc4oc5cc(-c6ccc7ccccc7c6)ncc5c34)n2)cc1. The minimum absolute atomic E-state index is 0.582. The van der Waals surface area contributed by atoms with Crippen molar-refractivity contribution in [2.75, 3.05) is 0 Å². The summed E-state index contributed by atoms with van der Waals surface area (Å²) in [7, 11) is 0. The largest absolute Gasteiger partial charge is 0.456 e. The van der Waals surface area contributed by atoms with Crippen LogP contribution >= 0.6 is 0 Å². The second-order valence-electron chi connectivity index (χ2n) is 11.1. The predicted molar refractivity (Wildman–Crippen MR) is 182 cm³/mol. The highest BCUT2D eigenvalue weighted by molar-refractivity contribution is 6.12. The number of fused-ring (bicyclic) bond motifs is 5. The standard InChI is InChI=1S/C40H24N4O/c1-2-11-27(12-3-1)38-42-39(31-20-18-26-10-5-7-14-29(26)22-31)44-40(43-38)32-15-8-16-35-37(32)33-24-41-34(23-36(33)45-35)30-19-17-25-9-4-6-13-28(25)21-30/h1-24H. The van der Waals surface area contributed by atoms with E-state index in [2.05, 4.69) is 72.8 Å². The summed E-state index contributed by atoms with van der Waals surface area (Å²) < 4.78 is 6.43. The molecule has 0 bridgehead atoms. The van der Waals surface area contributed by atoms with Gasteiger partial charge in [-0.05, 0) is 39.7 Å².